The summed E-state index contributed by atoms with van der Waals surface area (Å²) in [5, 5.41) is 11.2. The average Bonchev–Trinajstić information content (AvgIpc) is 3.20. The normalized spacial score (nSPS) is 14.9. The molecule has 2 N–H and O–H groups in total. The van der Waals surface area contributed by atoms with Crippen molar-refractivity contribution in [3.05, 3.63) is 76.1 Å². The van der Waals surface area contributed by atoms with E-state index in [-0.39, 0.29) is 11.8 Å². The Morgan fingerprint density at radius 1 is 0.957 bits per heavy atom. The molecule has 0 bridgehead atoms. The molecule has 6 rings (SSSR count). The van der Waals surface area contributed by atoms with Gasteiger partial charge in [0.05, 0.1) is 24.2 Å². The second-order valence-corrected chi connectivity index (χ2v) is 12.3. The summed E-state index contributed by atoms with van der Waals surface area (Å²) < 4.78 is 7.46. The minimum absolute atomic E-state index is 0.000825. The fourth-order valence-corrected chi connectivity index (χ4v) is 6.65. The Bertz CT molecular complexity index is 1780. The van der Waals surface area contributed by atoms with Crippen LogP contribution in [0.1, 0.15) is 69.8 Å². The van der Waals surface area contributed by atoms with E-state index in [2.05, 4.69) is 53.5 Å². The van der Waals surface area contributed by atoms with Gasteiger partial charge in [0, 0.05) is 49.7 Å². The summed E-state index contributed by atoms with van der Waals surface area (Å²) in [6.07, 6.45) is 6.79. The smallest absolute Gasteiger partial charge is 0.276 e. The molecule has 47 heavy (non-hydrogen) atoms. The van der Waals surface area contributed by atoms with Crippen LogP contribution in [-0.2, 0) is 32.7 Å². The van der Waals surface area contributed by atoms with Gasteiger partial charge in [0.25, 0.3) is 11.8 Å². The molecule has 246 valence electrons. The molecule has 1 aliphatic carbocycles. The lowest BCUT2D eigenvalue weighted by Gasteiger charge is -2.21. The maximum absolute atomic E-state index is 13.8. The number of ether oxygens (including phenoxy) is 1. The summed E-state index contributed by atoms with van der Waals surface area (Å²) in [7, 11) is 5.53. The molecule has 1 aliphatic heterocycles. The number of methoxy groups -OCH3 is 1. The Kier molecular flexibility index (Phi) is 9.53. The summed E-state index contributed by atoms with van der Waals surface area (Å²) >= 11 is 0. The molecular weight excluding hydrogens is 592 g/mol. The van der Waals surface area contributed by atoms with Gasteiger partial charge in [-0.25, -0.2) is 9.97 Å². The quantitative estimate of drug-likeness (QED) is 0.269. The standard InChI is InChI=1S/C36H44N8O3/c1-6-23-11-8-12-24(7-2)30(23)39-34(45)32-27-14-9-13-26-22-37-36(40-31(26)33(27)43(4)41-32)38-28-16-15-25(21-29(28)47-5)35(46)44-18-10-17-42(3)19-20-44/h8,11-12,15-16,21-22H,6-7,9-10,13-14,17-20H2,1-5H3,(H,39,45)(H,37,38,40). The molecule has 2 aromatic carbocycles. The van der Waals surface area contributed by atoms with Crippen LogP contribution in [0.3, 0.4) is 0 Å². The Balaban J connectivity index is 1.28. The number of aromatic nitrogens is 4. The zero-order valence-electron chi connectivity index (χ0n) is 28.0. The van der Waals surface area contributed by atoms with Crippen LogP contribution in [0.5, 0.6) is 5.75 Å². The van der Waals surface area contributed by atoms with E-state index in [0.29, 0.717) is 41.6 Å². The largest absolute Gasteiger partial charge is 0.495 e. The van der Waals surface area contributed by atoms with Crippen molar-refractivity contribution in [2.24, 2.45) is 7.05 Å². The van der Waals surface area contributed by atoms with E-state index in [1.54, 1.807) is 17.9 Å². The van der Waals surface area contributed by atoms with Gasteiger partial charge in [-0.05, 0) is 87.0 Å². The third-order valence-electron chi connectivity index (χ3n) is 9.26. The molecule has 4 aromatic rings. The van der Waals surface area contributed by atoms with Crippen LogP contribution in [0.25, 0.3) is 11.4 Å². The van der Waals surface area contributed by atoms with Gasteiger partial charge in [-0.1, -0.05) is 32.0 Å². The lowest BCUT2D eigenvalue weighted by Crippen LogP contribution is -2.34. The number of benzene rings is 2. The molecule has 0 spiro atoms. The van der Waals surface area contributed by atoms with Gasteiger partial charge in [0.2, 0.25) is 5.95 Å². The SMILES string of the molecule is CCc1cccc(CC)c1NC(=O)c1nn(C)c2c1CCCc1cnc(Nc3ccc(C(=O)N4CCCN(C)CC4)cc3OC)nc1-2. The van der Waals surface area contributed by atoms with Gasteiger partial charge >= 0.3 is 0 Å². The number of rotatable bonds is 8. The number of fused-ring (bicyclic) bond motifs is 3. The molecule has 2 amide bonds. The molecule has 11 heteroatoms. The first-order chi connectivity index (χ1) is 22.8. The minimum atomic E-state index is -0.208. The maximum atomic E-state index is 13.8. The molecular formula is C36H44N8O3. The van der Waals surface area contributed by atoms with Crippen molar-refractivity contribution in [3.63, 3.8) is 0 Å². The molecule has 2 aliphatic rings. The highest BCUT2D eigenvalue weighted by molar-refractivity contribution is 6.05. The van der Waals surface area contributed by atoms with Crippen LogP contribution < -0.4 is 15.4 Å². The van der Waals surface area contributed by atoms with Gasteiger partial charge < -0.3 is 25.2 Å². The minimum Gasteiger partial charge on any atom is -0.495 e. The van der Waals surface area contributed by atoms with E-state index in [9.17, 15) is 9.59 Å². The molecule has 1 fully saturated rings. The zero-order chi connectivity index (χ0) is 33.1. The zero-order valence-corrected chi connectivity index (χ0v) is 28.0. The van der Waals surface area contributed by atoms with Gasteiger partial charge in [-0.2, -0.15) is 5.10 Å². The van der Waals surface area contributed by atoms with Crippen molar-refractivity contribution in [1.82, 2.24) is 29.5 Å². The predicted octanol–water partition coefficient (Wildman–Crippen LogP) is 5.27. The molecule has 11 nitrogen and oxygen atoms in total. The van der Waals surface area contributed by atoms with Crippen molar-refractivity contribution in [1.29, 1.82) is 0 Å². The van der Waals surface area contributed by atoms with Crippen LogP contribution in [-0.4, -0.2) is 81.7 Å². The van der Waals surface area contributed by atoms with Gasteiger partial charge in [-0.3, -0.25) is 14.3 Å². The monoisotopic (exact) mass is 636 g/mol. The Morgan fingerprint density at radius 2 is 1.74 bits per heavy atom. The highest BCUT2D eigenvalue weighted by atomic mass is 16.5. The van der Waals surface area contributed by atoms with E-state index in [1.807, 2.05) is 36.3 Å². The lowest BCUT2D eigenvalue weighted by molar-refractivity contribution is 0.0762. The number of para-hydroxylation sites is 1. The molecule has 0 saturated carbocycles. The van der Waals surface area contributed by atoms with Crippen LogP contribution >= 0.6 is 0 Å². The van der Waals surface area contributed by atoms with Crippen molar-refractivity contribution < 1.29 is 14.3 Å². The van der Waals surface area contributed by atoms with Crippen molar-refractivity contribution in [2.45, 2.75) is 52.4 Å². The number of likely N-dealkylation sites (N-methyl/N-ethyl adjacent to an activating group) is 1. The van der Waals surface area contributed by atoms with Gasteiger partial charge in [0.15, 0.2) is 5.69 Å². The first-order valence-electron chi connectivity index (χ1n) is 16.6. The van der Waals surface area contributed by atoms with E-state index >= 15 is 0 Å². The van der Waals surface area contributed by atoms with E-state index in [4.69, 9.17) is 14.8 Å². The number of carbonyl (C=O) groups is 2. The highest BCUT2D eigenvalue weighted by Crippen LogP contribution is 2.35. The van der Waals surface area contributed by atoms with Crippen LogP contribution in [0, 0.1) is 0 Å². The number of anilines is 3. The summed E-state index contributed by atoms with van der Waals surface area (Å²) in [5.41, 5.74) is 8.22. The topological polar surface area (TPSA) is 118 Å². The molecule has 2 aromatic heterocycles. The first kappa shape index (κ1) is 32.2. The average molecular weight is 637 g/mol. The van der Waals surface area contributed by atoms with Crippen molar-refractivity contribution in [3.8, 4) is 17.1 Å². The predicted molar refractivity (Wildman–Crippen MR) is 184 cm³/mol. The highest BCUT2D eigenvalue weighted by Gasteiger charge is 2.28. The molecule has 0 atom stereocenters. The summed E-state index contributed by atoms with van der Waals surface area (Å²) in [4.78, 5) is 40.8. The Labute approximate surface area is 276 Å². The van der Waals surface area contributed by atoms with Gasteiger partial charge in [0.1, 0.15) is 5.75 Å². The molecule has 0 unspecified atom stereocenters. The third kappa shape index (κ3) is 6.58. The van der Waals surface area contributed by atoms with Gasteiger partial charge in [-0.15, -0.1) is 0 Å². The van der Waals surface area contributed by atoms with Crippen LogP contribution in [0.15, 0.2) is 42.6 Å². The second kappa shape index (κ2) is 13.9. The van der Waals surface area contributed by atoms with E-state index in [0.717, 1.165) is 91.1 Å². The van der Waals surface area contributed by atoms with E-state index in [1.165, 1.54) is 0 Å². The number of hydrogen-bond acceptors (Lipinski definition) is 8. The molecule has 3 heterocycles. The Morgan fingerprint density at radius 3 is 2.49 bits per heavy atom. The second-order valence-electron chi connectivity index (χ2n) is 12.3. The lowest BCUT2D eigenvalue weighted by atomic mass is 10.0. The number of hydrogen-bond donors (Lipinski definition) is 2. The number of nitrogens with zero attached hydrogens (tertiary/aromatic N) is 6. The van der Waals surface area contributed by atoms with Crippen LogP contribution in [0.2, 0.25) is 0 Å². The summed E-state index contributed by atoms with van der Waals surface area (Å²) in [6, 6.07) is 11.6. The third-order valence-corrected chi connectivity index (χ3v) is 9.26. The Hall–Kier alpha value is -4.77. The first-order valence-corrected chi connectivity index (χ1v) is 16.6. The number of aryl methyl sites for hydroxylation is 4. The fourth-order valence-electron chi connectivity index (χ4n) is 6.65. The number of carbonyl (C=O) groups excluding carboxylic acids is 2. The molecule has 1 saturated heterocycles. The summed E-state index contributed by atoms with van der Waals surface area (Å²) in [6.45, 7) is 7.47. The number of amides is 2. The van der Waals surface area contributed by atoms with Crippen molar-refractivity contribution >= 4 is 29.1 Å². The maximum Gasteiger partial charge on any atom is 0.276 e. The summed E-state index contributed by atoms with van der Waals surface area (Å²) in [5.74, 6) is 0.709. The fraction of sp³-hybridized carbons (Fsp3) is 0.417. The van der Waals surface area contributed by atoms with Crippen molar-refractivity contribution in [2.75, 3.05) is 51.0 Å². The number of nitrogens with one attached hydrogen (secondary N) is 2. The molecule has 0 radical (unpaired) electrons. The van der Waals surface area contributed by atoms with Crippen LogP contribution in [0.4, 0.5) is 17.3 Å². The van der Waals surface area contributed by atoms with E-state index < -0.39 is 0 Å².